The maximum absolute atomic E-state index is 5.67. The smallest absolute Gasteiger partial charge is 0.161 e. The van der Waals surface area contributed by atoms with Crippen molar-refractivity contribution in [3.05, 3.63) is 40.5 Å². The van der Waals surface area contributed by atoms with Gasteiger partial charge in [-0.25, -0.2) is 9.97 Å². The predicted octanol–water partition coefficient (Wildman–Crippen LogP) is 4.00. The number of hydrogen-bond acceptors (Lipinski definition) is 6. The number of aromatic nitrogens is 2. The number of aryl methyl sites for hydroxylation is 2. The van der Waals surface area contributed by atoms with E-state index in [1.54, 1.807) is 6.33 Å². The Bertz CT molecular complexity index is 954. The van der Waals surface area contributed by atoms with Gasteiger partial charge in [-0.05, 0) is 55.4 Å². The molecule has 2 aromatic heterocycles. The summed E-state index contributed by atoms with van der Waals surface area (Å²) in [4.78, 5) is 11.6. The highest BCUT2D eigenvalue weighted by Crippen LogP contribution is 2.38. The molecule has 0 amide bonds. The molecule has 0 unspecified atom stereocenters. The number of ether oxygens (including phenoxy) is 2. The van der Waals surface area contributed by atoms with Crippen LogP contribution in [0.5, 0.6) is 11.5 Å². The van der Waals surface area contributed by atoms with Crippen LogP contribution in [0.1, 0.15) is 28.8 Å². The fraction of sp³-hybridized carbons (Fsp3) is 0.400. The Morgan fingerprint density at radius 1 is 1.04 bits per heavy atom. The largest absolute Gasteiger partial charge is 0.486 e. The van der Waals surface area contributed by atoms with E-state index in [0.29, 0.717) is 13.2 Å². The van der Waals surface area contributed by atoms with Crippen molar-refractivity contribution >= 4 is 27.4 Å². The lowest BCUT2D eigenvalue weighted by molar-refractivity contribution is 0.171. The molecule has 3 aromatic rings. The maximum Gasteiger partial charge on any atom is 0.161 e. The van der Waals surface area contributed by atoms with E-state index in [-0.39, 0.29) is 0 Å². The summed E-state index contributed by atoms with van der Waals surface area (Å²) in [6, 6.07) is 6.19. The summed E-state index contributed by atoms with van der Waals surface area (Å²) in [5, 5.41) is 4.78. The molecule has 5 nitrogen and oxygen atoms in total. The van der Waals surface area contributed by atoms with Gasteiger partial charge in [0.25, 0.3) is 0 Å². The van der Waals surface area contributed by atoms with Crippen molar-refractivity contribution in [2.75, 3.05) is 25.1 Å². The number of thiophene rings is 1. The van der Waals surface area contributed by atoms with Gasteiger partial charge in [-0.15, -0.1) is 11.3 Å². The quantitative estimate of drug-likeness (QED) is 0.755. The second-order valence-corrected chi connectivity index (χ2v) is 7.85. The van der Waals surface area contributed by atoms with Crippen molar-refractivity contribution < 1.29 is 9.47 Å². The summed E-state index contributed by atoms with van der Waals surface area (Å²) in [5.41, 5.74) is 2.71. The van der Waals surface area contributed by atoms with E-state index in [1.165, 1.54) is 40.7 Å². The highest BCUT2D eigenvalue weighted by molar-refractivity contribution is 7.19. The van der Waals surface area contributed by atoms with Crippen molar-refractivity contribution in [2.45, 2.75) is 32.1 Å². The summed E-state index contributed by atoms with van der Waals surface area (Å²) in [5.74, 6) is 2.67. The third-order valence-corrected chi connectivity index (χ3v) is 6.26. The number of rotatable bonds is 4. The first-order chi connectivity index (χ1) is 12.9. The van der Waals surface area contributed by atoms with Gasteiger partial charge in [0.1, 0.15) is 30.2 Å². The Hall–Kier alpha value is -2.34. The summed E-state index contributed by atoms with van der Waals surface area (Å²) in [7, 11) is 0. The van der Waals surface area contributed by atoms with Gasteiger partial charge in [0.2, 0.25) is 0 Å². The molecule has 0 radical (unpaired) electrons. The minimum atomic E-state index is 0.622. The SMILES string of the molecule is c1nc(NCCc2ccc3c(c2)OCCO3)c2c3c(sc2n1)CCCC3. The Labute approximate surface area is 156 Å². The van der Waals surface area contributed by atoms with Gasteiger partial charge in [0.05, 0.1) is 5.39 Å². The van der Waals surface area contributed by atoms with E-state index in [9.17, 15) is 0 Å². The van der Waals surface area contributed by atoms with Crippen LogP contribution in [0.4, 0.5) is 5.82 Å². The molecule has 2 aliphatic rings. The molecule has 0 bridgehead atoms. The van der Waals surface area contributed by atoms with Crippen LogP contribution >= 0.6 is 11.3 Å². The van der Waals surface area contributed by atoms with Crippen LogP contribution in [0.15, 0.2) is 24.5 Å². The molecule has 1 N–H and O–H groups in total. The van der Waals surface area contributed by atoms with E-state index in [1.807, 2.05) is 17.4 Å². The Kier molecular flexibility index (Phi) is 4.13. The summed E-state index contributed by atoms with van der Waals surface area (Å²) in [6.07, 6.45) is 7.49. The maximum atomic E-state index is 5.67. The van der Waals surface area contributed by atoms with Gasteiger partial charge in [-0.2, -0.15) is 0 Å². The Morgan fingerprint density at radius 3 is 2.88 bits per heavy atom. The molecular weight excluding hydrogens is 346 g/mol. The first kappa shape index (κ1) is 15.9. The van der Waals surface area contributed by atoms with Gasteiger partial charge < -0.3 is 14.8 Å². The molecule has 0 spiro atoms. The molecule has 0 saturated heterocycles. The predicted molar refractivity (Wildman–Crippen MR) is 104 cm³/mol. The zero-order valence-electron chi connectivity index (χ0n) is 14.6. The Balaban J connectivity index is 1.33. The van der Waals surface area contributed by atoms with Crippen LogP contribution in [-0.4, -0.2) is 29.7 Å². The Morgan fingerprint density at radius 2 is 1.92 bits per heavy atom. The van der Waals surface area contributed by atoms with Crippen LogP contribution < -0.4 is 14.8 Å². The molecule has 1 aliphatic carbocycles. The van der Waals surface area contributed by atoms with E-state index in [2.05, 4.69) is 27.4 Å². The molecule has 1 aliphatic heterocycles. The van der Waals surface area contributed by atoms with Crippen molar-refractivity contribution in [3.8, 4) is 11.5 Å². The second-order valence-electron chi connectivity index (χ2n) is 6.77. The molecule has 26 heavy (non-hydrogen) atoms. The number of benzene rings is 1. The zero-order chi connectivity index (χ0) is 17.3. The van der Waals surface area contributed by atoms with E-state index in [4.69, 9.17) is 9.47 Å². The summed E-state index contributed by atoms with van der Waals surface area (Å²) < 4.78 is 11.3. The molecule has 0 fully saturated rings. The van der Waals surface area contributed by atoms with Crippen LogP contribution in [0.3, 0.4) is 0 Å². The fourth-order valence-electron chi connectivity index (χ4n) is 3.79. The van der Waals surface area contributed by atoms with E-state index < -0.39 is 0 Å². The normalized spacial score (nSPS) is 15.7. The minimum Gasteiger partial charge on any atom is -0.486 e. The third-order valence-electron chi connectivity index (χ3n) is 5.06. The molecule has 3 heterocycles. The summed E-state index contributed by atoms with van der Waals surface area (Å²) in [6.45, 7) is 2.08. The molecule has 5 rings (SSSR count). The molecule has 1 aromatic carbocycles. The highest BCUT2D eigenvalue weighted by Gasteiger charge is 2.19. The van der Waals surface area contributed by atoms with Crippen molar-refractivity contribution in [2.24, 2.45) is 0 Å². The van der Waals surface area contributed by atoms with Gasteiger partial charge in [-0.3, -0.25) is 0 Å². The van der Waals surface area contributed by atoms with Crippen LogP contribution in [-0.2, 0) is 19.3 Å². The first-order valence-electron chi connectivity index (χ1n) is 9.26. The third kappa shape index (κ3) is 2.88. The van der Waals surface area contributed by atoms with Crippen LogP contribution in [0, 0.1) is 0 Å². The van der Waals surface area contributed by atoms with Crippen molar-refractivity contribution in [1.82, 2.24) is 9.97 Å². The van der Waals surface area contributed by atoms with Gasteiger partial charge in [0, 0.05) is 11.4 Å². The number of nitrogens with zero attached hydrogens (tertiary/aromatic N) is 2. The monoisotopic (exact) mass is 367 g/mol. The number of hydrogen-bond donors (Lipinski definition) is 1. The fourth-order valence-corrected chi connectivity index (χ4v) is 5.02. The number of anilines is 1. The van der Waals surface area contributed by atoms with E-state index in [0.717, 1.165) is 41.5 Å². The van der Waals surface area contributed by atoms with Crippen molar-refractivity contribution in [1.29, 1.82) is 0 Å². The lowest BCUT2D eigenvalue weighted by Gasteiger charge is -2.19. The first-order valence-corrected chi connectivity index (χ1v) is 10.1. The number of fused-ring (bicyclic) bond motifs is 4. The molecular formula is C20H21N3O2S. The topological polar surface area (TPSA) is 56.3 Å². The standard InChI is InChI=1S/C20H21N3O2S/c1-2-4-17-14(3-1)18-19(22-12-23-20(18)26-17)21-8-7-13-5-6-15-16(11-13)25-10-9-24-15/h5-6,11-12H,1-4,7-10H2,(H,21,22,23). The number of nitrogens with one attached hydrogen (secondary N) is 1. The lowest BCUT2D eigenvalue weighted by Crippen LogP contribution is -2.15. The van der Waals surface area contributed by atoms with Crippen LogP contribution in [0.25, 0.3) is 10.2 Å². The molecule has 0 saturated carbocycles. The molecule has 6 heteroatoms. The average Bonchev–Trinajstić information content (AvgIpc) is 3.07. The minimum absolute atomic E-state index is 0.622. The zero-order valence-corrected chi connectivity index (χ0v) is 15.4. The average molecular weight is 367 g/mol. The lowest BCUT2D eigenvalue weighted by atomic mass is 9.97. The molecule has 0 atom stereocenters. The highest BCUT2D eigenvalue weighted by atomic mass is 32.1. The second kappa shape index (κ2) is 6.76. The molecule has 134 valence electrons. The van der Waals surface area contributed by atoms with Crippen molar-refractivity contribution in [3.63, 3.8) is 0 Å². The van der Waals surface area contributed by atoms with Gasteiger partial charge in [0.15, 0.2) is 11.5 Å². The van der Waals surface area contributed by atoms with Gasteiger partial charge in [-0.1, -0.05) is 6.07 Å². The van der Waals surface area contributed by atoms with Crippen LogP contribution in [0.2, 0.25) is 0 Å². The van der Waals surface area contributed by atoms with Gasteiger partial charge >= 0.3 is 0 Å². The van der Waals surface area contributed by atoms with E-state index >= 15 is 0 Å². The summed E-state index contributed by atoms with van der Waals surface area (Å²) >= 11 is 1.84.